The summed E-state index contributed by atoms with van der Waals surface area (Å²) >= 11 is 0. The molecule has 2 bridgehead atoms. The third kappa shape index (κ3) is 2.54. The molecule has 5 nitrogen and oxygen atoms in total. The molecule has 6 heteroatoms. The number of carboxylic acid groups (broad SMARTS) is 1. The molecule has 0 aromatic heterocycles. The highest BCUT2D eigenvalue weighted by Gasteiger charge is 2.47. The zero-order valence-electron chi connectivity index (χ0n) is 10.7. The fourth-order valence-corrected chi connectivity index (χ4v) is 5.16. The van der Waals surface area contributed by atoms with Gasteiger partial charge in [0.1, 0.15) is 0 Å². The normalized spacial score (nSPS) is 32.6. The average Bonchev–Trinajstić information content (AvgIpc) is 2.36. The minimum atomic E-state index is -3.27. The largest absolute Gasteiger partial charge is 0.481 e. The third-order valence-electron chi connectivity index (χ3n) is 4.16. The first kappa shape index (κ1) is 13.8. The number of piperidine rings is 2. The zero-order valence-corrected chi connectivity index (χ0v) is 11.5. The van der Waals surface area contributed by atoms with Gasteiger partial charge in [-0.25, -0.2) is 8.42 Å². The zero-order chi connectivity index (χ0) is 13.3. The van der Waals surface area contributed by atoms with E-state index < -0.39 is 21.9 Å². The van der Waals surface area contributed by atoms with Crippen molar-refractivity contribution in [2.45, 2.75) is 45.1 Å². The molecule has 0 amide bonds. The first-order valence-corrected chi connectivity index (χ1v) is 8.29. The van der Waals surface area contributed by atoms with Crippen LogP contribution in [-0.4, -0.2) is 42.1 Å². The molecule has 0 aromatic carbocycles. The highest BCUT2D eigenvalue weighted by Crippen LogP contribution is 2.40. The summed E-state index contributed by atoms with van der Waals surface area (Å²) < 4.78 is 26.0. The quantitative estimate of drug-likeness (QED) is 0.820. The number of unbranched alkanes of at least 4 members (excludes halogenated alkanes) is 1. The van der Waals surface area contributed by atoms with E-state index in [4.69, 9.17) is 0 Å². The number of fused-ring (bicyclic) bond motifs is 3. The topological polar surface area (TPSA) is 74.7 Å². The molecule has 3 fully saturated rings. The van der Waals surface area contributed by atoms with E-state index in [2.05, 4.69) is 0 Å². The maximum atomic E-state index is 12.2. The fourth-order valence-electron chi connectivity index (χ4n) is 3.17. The number of aliphatic carboxylic acids is 1. The van der Waals surface area contributed by atoms with Gasteiger partial charge in [0.15, 0.2) is 0 Å². The molecule has 0 radical (unpaired) electrons. The van der Waals surface area contributed by atoms with Crippen LogP contribution in [0.1, 0.15) is 39.0 Å². The van der Waals surface area contributed by atoms with Gasteiger partial charge in [0.25, 0.3) is 0 Å². The van der Waals surface area contributed by atoms with E-state index >= 15 is 0 Å². The van der Waals surface area contributed by atoms with E-state index in [0.717, 1.165) is 12.8 Å². The van der Waals surface area contributed by atoms with Crippen LogP contribution in [0.25, 0.3) is 0 Å². The molecule has 2 heterocycles. The molecule has 1 N–H and O–H groups in total. The van der Waals surface area contributed by atoms with Gasteiger partial charge in [-0.3, -0.25) is 4.79 Å². The molecule has 1 aliphatic carbocycles. The van der Waals surface area contributed by atoms with Crippen molar-refractivity contribution in [1.82, 2.24) is 4.31 Å². The average molecular weight is 275 g/mol. The van der Waals surface area contributed by atoms with Crippen LogP contribution in [0, 0.1) is 11.8 Å². The fraction of sp³-hybridized carbons (Fsp3) is 0.917. The molecule has 0 spiro atoms. The maximum Gasteiger partial charge on any atom is 0.308 e. The van der Waals surface area contributed by atoms with Gasteiger partial charge in [0.05, 0.1) is 11.7 Å². The van der Waals surface area contributed by atoms with Crippen molar-refractivity contribution in [1.29, 1.82) is 0 Å². The number of carbonyl (C=O) groups is 1. The molecule has 104 valence electrons. The summed E-state index contributed by atoms with van der Waals surface area (Å²) in [5, 5.41) is 9.20. The monoisotopic (exact) mass is 275 g/mol. The Labute approximate surface area is 108 Å². The van der Waals surface area contributed by atoms with Gasteiger partial charge in [0.2, 0.25) is 10.0 Å². The summed E-state index contributed by atoms with van der Waals surface area (Å²) in [5.41, 5.74) is 0. The number of rotatable bonds is 5. The molecular weight excluding hydrogens is 254 g/mol. The highest BCUT2D eigenvalue weighted by molar-refractivity contribution is 7.89. The number of sulfonamides is 1. The summed E-state index contributed by atoms with van der Waals surface area (Å²) in [4.78, 5) is 11.2. The second-order valence-electron chi connectivity index (χ2n) is 5.43. The van der Waals surface area contributed by atoms with E-state index in [1.807, 2.05) is 6.92 Å². The Balaban J connectivity index is 2.16. The smallest absolute Gasteiger partial charge is 0.308 e. The molecule has 1 saturated carbocycles. The van der Waals surface area contributed by atoms with Gasteiger partial charge in [-0.05, 0) is 31.6 Å². The Hall–Kier alpha value is -0.620. The van der Waals surface area contributed by atoms with Crippen molar-refractivity contribution in [3.05, 3.63) is 0 Å². The van der Waals surface area contributed by atoms with E-state index in [-0.39, 0.29) is 17.7 Å². The third-order valence-corrected chi connectivity index (χ3v) is 6.10. The second-order valence-corrected chi connectivity index (χ2v) is 7.47. The summed E-state index contributed by atoms with van der Waals surface area (Å²) in [7, 11) is -3.27. The molecule has 2 aliphatic heterocycles. The molecule has 3 atom stereocenters. The van der Waals surface area contributed by atoms with Crippen LogP contribution in [-0.2, 0) is 14.8 Å². The van der Waals surface area contributed by atoms with Crippen molar-refractivity contribution in [3.63, 3.8) is 0 Å². The number of nitrogens with zero attached hydrogens (tertiary/aromatic N) is 1. The first-order valence-electron chi connectivity index (χ1n) is 6.68. The highest BCUT2D eigenvalue weighted by atomic mass is 32.2. The van der Waals surface area contributed by atoms with Crippen molar-refractivity contribution in [2.75, 3.05) is 12.3 Å². The van der Waals surface area contributed by atoms with Crippen molar-refractivity contribution in [2.24, 2.45) is 11.8 Å². The molecule has 3 aliphatic rings. The minimum Gasteiger partial charge on any atom is -0.481 e. The van der Waals surface area contributed by atoms with Gasteiger partial charge in [0, 0.05) is 12.6 Å². The molecule has 2 saturated heterocycles. The van der Waals surface area contributed by atoms with E-state index in [1.54, 1.807) is 0 Å². The van der Waals surface area contributed by atoms with Crippen molar-refractivity contribution < 1.29 is 18.3 Å². The van der Waals surface area contributed by atoms with Gasteiger partial charge in [-0.1, -0.05) is 13.3 Å². The molecule has 3 rings (SSSR count). The van der Waals surface area contributed by atoms with Gasteiger partial charge in [-0.2, -0.15) is 4.31 Å². The Morgan fingerprint density at radius 1 is 1.39 bits per heavy atom. The van der Waals surface area contributed by atoms with Crippen molar-refractivity contribution in [3.8, 4) is 0 Å². The lowest BCUT2D eigenvalue weighted by Crippen LogP contribution is -2.57. The van der Waals surface area contributed by atoms with Crippen LogP contribution < -0.4 is 0 Å². The van der Waals surface area contributed by atoms with Gasteiger partial charge >= 0.3 is 5.97 Å². The number of carboxylic acids is 1. The van der Waals surface area contributed by atoms with Crippen LogP contribution in [0.2, 0.25) is 0 Å². The lowest BCUT2D eigenvalue weighted by molar-refractivity contribution is -0.147. The summed E-state index contributed by atoms with van der Waals surface area (Å²) in [5.74, 6) is -0.972. The Morgan fingerprint density at radius 3 is 2.67 bits per heavy atom. The summed E-state index contributed by atoms with van der Waals surface area (Å²) in [6.45, 7) is 2.48. The number of hydrogen-bond acceptors (Lipinski definition) is 3. The predicted molar refractivity (Wildman–Crippen MR) is 67.7 cm³/mol. The van der Waals surface area contributed by atoms with Gasteiger partial charge < -0.3 is 5.11 Å². The van der Waals surface area contributed by atoms with Crippen LogP contribution >= 0.6 is 0 Å². The number of hydrogen-bond donors (Lipinski definition) is 1. The van der Waals surface area contributed by atoms with Crippen molar-refractivity contribution >= 4 is 16.0 Å². The van der Waals surface area contributed by atoms with E-state index in [1.165, 1.54) is 4.31 Å². The van der Waals surface area contributed by atoms with E-state index in [9.17, 15) is 18.3 Å². The Morgan fingerprint density at radius 2 is 2.11 bits per heavy atom. The second kappa shape index (κ2) is 5.17. The minimum absolute atomic E-state index is 0.152. The van der Waals surface area contributed by atoms with E-state index in [0.29, 0.717) is 25.8 Å². The Bertz CT molecular complexity index is 420. The summed E-state index contributed by atoms with van der Waals surface area (Å²) in [6.07, 6.45) is 3.79. The van der Waals surface area contributed by atoms with Crippen LogP contribution in [0.4, 0.5) is 0 Å². The lowest BCUT2D eigenvalue weighted by Gasteiger charge is -2.47. The maximum absolute atomic E-state index is 12.2. The molecule has 0 aromatic rings. The van der Waals surface area contributed by atoms with Crippen LogP contribution in [0.15, 0.2) is 0 Å². The molecular formula is C12H21NO4S. The standard InChI is InChI=1S/C12H21NO4S/c1-2-3-6-18(16,17)13-8-9-4-5-11(13)10(7-9)12(14)15/h9-11H,2-8H2,1H3,(H,14,15)/t9-,10+,11+/m0/s1. The summed E-state index contributed by atoms with van der Waals surface area (Å²) in [6, 6.07) is -0.311. The first-order chi connectivity index (χ1) is 8.45. The SMILES string of the molecule is CCCCS(=O)(=O)N1C[C@H]2CC[C@@H]1[C@H](C(=O)O)C2. The molecule has 0 unspecified atom stereocenters. The Kier molecular flexibility index (Phi) is 3.96. The van der Waals surface area contributed by atoms with Crippen LogP contribution in [0.5, 0.6) is 0 Å². The predicted octanol–water partition coefficient (Wildman–Crippen LogP) is 1.30. The lowest BCUT2D eigenvalue weighted by atomic mass is 9.74. The van der Waals surface area contributed by atoms with Crippen LogP contribution in [0.3, 0.4) is 0 Å². The molecule has 18 heavy (non-hydrogen) atoms. The van der Waals surface area contributed by atoms with Gasteiger partial charge in [-0.15, -0.1) is 0 Å².